The van der Waals surface area contributed by atoms with Crippen LogP contribution in [0.25, 0.3) is 0 Å². The maximum absolute atomic E-state index is 12.7. The second kappa shape index (κ2) is 4.64. The van der Waals surface area contributed by atoms with Gasteiger partial charge in [0.25, 0.3) is 5.91 Å². The van der Waals surface area contributed by atoms with Crippen molar-refractivity contribution < 1.29 is 9.59 Å². The lowest BCUT2D eigenvalue weighted by Crippen LogP contribution is -2.68. The molecule has 1 aliphatic heterocycles. The fourth-order valence-corrected chi connectivity index (χ4v) is 2.25. The molecule has 1 fully saturated rings. The van der Waals surface area contributed by atoms with E-state index in [1.165, 1.54) is 0 Å². The first-order valence-corrected chi connectivity index (χ1v) is 6.47. The molecule has 2 heterocycles. The van der Waals surface area contributed by atoms with Crippen LogP contribution >= 0.6 is 0 Å². The van der Waals surface area contributed by atoms with Crippen LogP contribution in [0.3, 0.4) is 0 Å². The minimum absolute atomic E-state index is 0.0850. The van der Waals surface area contributed by atoms with Gasteiger partial charge in [0.2, 0.25) is 5.91 Å². The summed E-state index contributed by atoms with van der Waals surface area (Å²) in [6.07, 6.45) is 3.87. The van der Waals surface area contributed by atoms with E-state index in [2.05, 4.69) is 10.3 Å². The third-order valence-corrected chi connectivity index (χ3v) is 3.83. The Labute approximate surface area is 113 Å². The van der Waals surface area contributed by atoms with E-state index in [1.54, 1.807) is 31.1 Å². The highest BCUT2D eigenvalue weighted by Gasteiger charge is 2.46. The molecule has 1 saturated heterocycles. The zero-order chi connectivity index (χ0) is 14.2. The average Bonchev–Trinajstić information content (AvgIpc) is 2.39. The van der Waals surface area contributed by atoms with Gasteiger partial charge >= 0.3 is 0 Å². The Hall–Kier alpha value is -1.91. The Morgan fingerprint density at radius 3 is 2.74 bits per heavy atom. The van der Waals surface area contributed by atoms with Gasteiger partial charge in [-0.05, 0) is 38.8 Å². The maximum atomic E-state index is 12.7. The van der Waals surface area contributed by atoms with Gasteiger partial charge in [0.15, 0.2) is 0 Å². The minimum Gasteiger partial charge on any atom is -0.340 e. The molecule has 2 amide bonds. The highest BCUT2D eigenvalue weighted by Crippen LogP contribution is 2.28. The van der Waals surface area contributed by atoms with Gasteiger partial charge < -0.3 is 5.32 Å². The van der Waals surface area contributed by atoms with Crippen molar-refractivity contribution in [2.75, 3.05) is 4.90 Å². The molecule has 0 aromatic carbocycles. The quantitative estimate of drug-likeness (QED) is 0.875. The third kappa shape index (κ3) is 2.09. The predicted octanol–water partition coefficient (Wildman–Crippen LogP) is 1.41. The second-order valence-corrected chi connectivity index (χ2v) is 5.19. The molecular weight excluding hydrogens is 242 g/mol. The zero-order valence-electron chi connectivity index (χ0n) is 11.7. The van der Waals surface area contributed by atoms with E-state index in [0.717, 1.165) is 5.56 Å². The lowest BCUT2D eigenvalue weighted by molar-refractivity contribution is -0.137. The van der Waals surface area contributed by atoms with Gasteiger partial charge in [-0.1, -0.05) is 6.92 Å². The van der Waals surface area contributed by atoms with E-state index >= 15 is 0 Å². The van der Waals surface area contributed by atoms with E-state index in [4.69, 9.17) is 0 Å². The Balaban J connectivity index is 2.50. The second-order valence-electron chi connectivity index (χ2n) is 5.19. The number of hydrogen-bond acceptors (Lipinski definition) is 3. The standard InChI is InChI=1S/C14H19N3O2/c1-5-14(4)13(19)17(10(3)12(18)16-14)11-8-15-7-6-9(11)2/h6-8,10H,5H2,1-4H3,(H,16,18). The van der Waals surface area contributed by atoms with Crippen molar-refractivity contribution in [3.05, 3.63) is 24.0 Å². The molecule has 0 aliphatic carbocycles. The third-order valence-electron chi connectivity index (χ3n) is 3.83. The molecule has 1 aromatic rings. The van der Waals surface area contributed by atoms with Crippen molar-refractivity contribution in [2.45, 2.75) is 45.7 Å². The highest BCUT2D eigenvalue weighted by molar-refractivity contribution is 6.10. The van der Waals surface area contributed by atoms with Gasteiger partial charge in [-0.3, -0.25) is 19.5 Å². The van der Waals surface area contributed by atoms with Crippen LogP contribution in [0.4, 0.5) is 5.69 Å². The molecule has 0 saturated carbocycles. The summed E-state index contributed by atoms with van der Waals surface area (Å²) in [5.41, 5.74) is 0.796. The van der Waals surface area contributed by atoms with Gasteiger partial charge in [0.1, 0.15) is 11.6 Å². The van der Waals surface area contributed by atoms with Crippen molar-refractivity contribution in [1.82, 2.24) is 10.3 Å². The molecule has 102 valence electrons. The molecular formula is C14H19N3O2. The van der Waals surface area contributed by atoms with Crippen LogP contribution in [-0.2, 0) is 9.59 Å². The van der Waals surface area contributed by atoms with Crippen molar-refractivity contribution in [3.8, 4) is 0 Å². The molecule has 5 nitrogen and oxygen atoms in total. The Kier molecular flexibility index (Phi) is 3.30. The number of hydrogen-bond donors (Lipinski definition) is 1. The van der Waals surface area contributed by atoms with E-state index in [0.29, 0.717) is 12.1 Å². The fourth-order valence-electron chi connectivity index (χ4n) is 2.25. The molecule has 0 spiro atoms. The number of aryl methyl sites for hydroxylation is 1. The summed E-state index contributed by atoms with van der Waals surface area (Å²) in [6.45, 7) is 7.29. The van der Waals surface area contributed by atoms with Crippen molar-refractivity contribution >= 4 is 17.5 Å². The molecule has 1 N–H and O–H groups in total. The SMILES string of the molecule is CCC1(C)NC(=O)C(C)N(c2cnccc2C)C1=O. The Bertz CT molecular complexity index is 529. The Morgan fingerprint density at radius 2 is 2.16 bits per heavy atom. The van der Waals surface area contributed by atoms with Gasteiger partial charge in [-0.25, -0.2) is 0 Å². The molecule has 5 heteroatoms. The van der Waals surface area contributed by atoms with Crippen LogP contribution in [0, 0.1) is 6.92 Å². The van der Waals surface area contributed by atoms with Gasteiger partial charge in [-0.2, -0.15) is 0 Å². The number of amides is 2. The Morgan fingerprint density at radius 1 is 1.47 bits per heavy atom. The molecule has 2 unspecified atom stereocenters. The summed E-state index contributed by atoms with van der Waals surface area (Å²) in [5, 5.41) is 2.81. The first kappa shape index (κ1) is 13.5. The van der Waals surface area contributed by atoms with E-state index in [1.807, 2.05) is 19.9 Å². The van der Waals surface area contributed by atoms with Gasteiger partial charge in [0.05, 0.1) is 11.9 Å². The largest absolute Gasteiger partial charge is 0.340 e. The first-order chi connectivity index (χ1) is 8.90. The molecule has 2 atom stereocenters. The summed E-state index contributed by atoms with van der Waals surface area (Å²) in [6, 6.07) is 1.32. The summed E-state index contributed by atoms with van der Waals surface area (Å²) < 4.78 is 0. The van der Waals surface area contributed by atoms with Crippen LogP contribution in [-0.4, -0.2) is 28.4 Å². The van der Waals surface area contributed by atoms with E-state index in [-0.39, 0.29) is 11.8 Å². The number of carbonyl (C=O) groups excluding carboxylic acids is 2. The number of anilines is 1. The molecule has 2 rings (SSSR count). The molecule has 0 radical (unpaired) electrons. The lowest BCUT2D eigenvalue weighted by atomic mass is 9.91. The van der Waals surface area contributed by atoms with E-state index < -0.39 is 11.6 Å². The summed E-state index contributed by atoms with van der Waals surface area (Å²) in [7, 11) is 0. The summed E-state index contributed by atoms with van der Waals surface area (Å²) in [4.78, 5) is 30.4. The summed E-state index contributed by atoms with van der Waals surface area (Å²) in [5.74, 6) is -0.217. The van der Waals surface area contributed by atoms with Gasteiger partial charge in [-0.15, -0.1) is 0 Å². The molecule has 19 heavy (non-hydrogen) atoms. The van der Waals surface area contributed by atoms with Crippen LogP contribution in [0.1, 0.15) is 32.8 Å². The van der Waals surface area contributed by atoms with Crippen LogP contribution in [0.2, 0.25) is 0 Å². The lowest BCUT2D eigenvalue weighted by Gasteiger charge is -2.43. The maximum Gasteiger partial charge on any atom is 0.253 e. The highest BCUT2D eigenvalue weighted by atomic mass is 16.2. The number of piperazine rings is 1. The van der Waals surface area contributed by atoms with Crippen LogP contribution < -0.4 is 10.2 Å². The summed E-state index contributed by atoms with van der Waals surface area (Å²) >= 11 is 0. The predicted molar refractivity (Wildman–Crippen MR) is 72.8 cm³/mol. The van der Waals surface area contributed by atoms with Crippen LogP contribution in [0.15, 0.2) is 18.5 Å². The number of pyridine rings is 1. The van der Waals surface area contributed by atoms with E-state index in [9.17, 15) is 9.59 Å². The molecule has 1 aliphatic rings. The number of rotatable bonds is 2. The normalized spacial score (nSPS) is 27.4. The average molecular weight is 261 g/mol. The topological polar surface area (TPSA) is 62.3 Å². The number of nitrogens with zero attached hydrogens (tertiary/aromatic N) is 2. The van der Waals surface area contributed by atoms with Crippen LogP contribution in [0.5, 0.6) is 0 Å². The van der Waals surface area contributed by atoms with Crippen molar-refractivity contribution in [3.63, 3.8) is 0 Å². The van der Waals surface area contributed by atoms with Crippen molar-refractivity contribution in [2.24, 2.45) is 0 Å². The minimum atomic E-state index is -0.841. The number of nitrogens with one attached hydrogen (secondary N) is 1. The monoisotopic (exact) mass is 261 g/mol. The number of aromatic nitrogens is 1. The molecule has 0 bridgehead atoms. The molecule has 1 aromatic heterocycles. The smallest absolute Gasteiger partial charge is 0.253 e. The van der Waals surface area contributed by atoms with Gasteiger partial charge in [0, 0.05) is 6.20 Å². The fraction of sp³-hybridized carbons (Fsp3) is 0.500. The first-order valence-electron chi connectivity index (χ1n) is 6.47. The van der Waals surface area contributed by atoms with Crippen molar-refractivity contribution in [1.29, 1.82) is 0 Å². The zero-order valence-corrected chi connectivity index (χ0v) is 11.7. The number of carbonyl (C=O) groups is 2.